The van der Waals surface area contributed by atoms with E-state index in [0.29, 0.717) is 24.7 Å². The number of fused-ring (bicyclic) bond motifs is 1. The molecule has 0 aliphatic carbocycles. The van der Waals surface area contributed by atoms with E-state index in [4.69, 9.17) is 9.47 Å². The molecule has 2 aromatic carbocycles. The molecule has 142 valence electrons. The van der Waals surface area contributed by atoms with E-state index in [1.165, 1.54) is 7.05 Å². The number of para-hydroxylation sites is 2. The van der Waals surface area contributed by atoms with Crippen molar-refractivity contribution in [2.45, 2.75) is 12.1 Å². The van der Waals surface area contributed by atoms with Crippen molar-refractivity contribution in [3.63, 3.8) is 0 Å². The maximum atomic E-state index is 12.7. The first kappa shape index (κ1) is 18.7. The smallest absolute Gasteiger partial charge is 0.321 e. The van der Waals surface area contributed by atoms with E-state index in [2.05, 4.69) is 10.6 Å². The van der Waals surface area contributed by atoms with Gasteiger partial charge in [-0.15, -0.1) is 0 Å². The summed E-state index contributed by atoms with van der Waals surface area (Å²) in [4.78, 5) is 26.2. The zero-order valence-electron chi connectivity index (χ0n) is 15.3. The van der Waals surface area contributed by atoms with Gasteiger partial charge in [-0.1, -0.05) is 42.5 Å². The quantitative estimate of drug-likeness (QED) is 0.842. The number of nitrogens with one attached hydrogen (secondary N) is 2. The van der Waals surface area contributed by atoms with Gasteiger partial charge in [0.05, 0.1) is 0 Å². The van der Waals surface area contributed by atoms with Gasteiger partial charge in [-0.3, -0.25) is 15.0 Å². The maximum Gasteiger partial charge on any atom is 0.321 e. The van der Waals surface area contributed by atoms with Gasteiger partial charge >= 0.3 is 6.03 Å². The third-order valence-electron chi connectivity index (χ3n) is 4.33. The molecule has 1 aliphatic rings. The van der Waals surface area contributed by atoms with Crippen molar-refractivity contribution in [3.8, 4) is 11.5 Å². The van der Waals surface area contributed by atoms with E-state index in [-0.39, 0.29) is 6.10 Å². The van der Waals surface area contributed by atoms with Gasteiger partial charge in [-0.2, -0.15) is 0 Å². The second-order valence-corrected chi connectivity index (χ2v) is 6.32. The highest BCUT2D eigenvalue weighted by molar-refractivity contribution is 5.97. The molecule has 2 atom stereocenters. The number of nitrogens with zero attached hydrogens (tertiary/aromatic N) is 1. The second kappa shape index (κ2) is 8.55. The van der Waals surface area contributed by atoms with Crippen molar-refractivity contribution in [3.05, 3.63) is 60.2 Å². The number of likely N-dealkylation sites (N-methyl/N-ethyl adjacent to an activating group) is 1. The minimum Gasteiger partial charge on any atom is -0.486 e. The summed E-state index contributed by atoms with van der Waals surface area (Å²) in [6.45, 7) is 0.842. The fraction of sp³-hybridized carbons (Fsp3) is 0.300. The molecule has 0 fully saturated rings. The summed E-state index contributed by atoms with van der Waals surface area (Å²) < 4.78 is 11.7. The van der Waals surface area contributed by atoms with Crippen LogP contribution in [-0.4, -0.2) is 50.2 Å². The van der Waals surface area contributed by atoms with Crippen LogP contribution in [0.1, 0.15) is 11.6 Å². The number of carbonyl (C=O) groups excluding carboxylic acids is 2. The van der Waals surface area contributed by atoms with Gasteiger partial charge in [0.15, 0.2) is 11.5 Å². The lowest BCUT2D eigenvalue weighted by atomic mass is 10.0. The van der Waals surface area contributed by atoms with Crippen LogP contribution in [0.2, 0.25) is 0 Å². The van der Waals surface area contributed by atoms with Crippen LogP contribution in [0.4, 0.5) is 4.79 Å². The molecule has 2 N–H and O–H groups in total. The number of urea groups is 1. The SMILES string of the molecule is CNC(=O)NC(=O)[C@@H](c1ccccc1)N(C)C[C@H]1COc2ccccc2O1. The summed E-state index contributed by atoms with van der Waals surface area (Å²) in [5, 5.41) is 4.76. The van der Waals surface area contributed by atoms with Crippen LogP contribution >= 0.6 is 0 Å². The molecule has 1 heterocycles. The summed E-state index contributed by atoms with van der Waals surface area (Å²) in [6, 6.07) is 15.6. The molecule has 7 nitrogen and oxygen atoms in total. The molecule has 3 amide bonds. The standard InChI is InChI=1S/C20H23N3O4/c1-21-20(25)22-19(24)18(14-8-4-3-5-9-14)23(2)12-15-13-26-16-10-6-7-11-17(16)27-15/h3-11,15,18H,12-13H2,1-2H3,(H2,21,22,24,25)/t15-,18+/m0/s1. The first-order valence-electron chi connectivity index (χ1n) is 8.74. The van der Waals surface area contributed by atoms with E-state index < -0.39 is 18.0 Å². The van der Waals surface area contributed by atoms with Gasteiger partial charge in [-0.05, 0) is 24.7 Å². The van der Waals surface area contributed by atoms with E-state index in [1.54, 1.807) is 0 Å². The molecule has 0 bridgehead atoms. The van der Waals surface area contributed by atoms with Gasteiger partial charge in [0.1, 0.15) is 18.8 Å². The summed E-state index contributed by atoms with van der Waals surface area (Å²) in [5.41, 5.74) is 0.790. The summed E-state index contributed by atoms with van der Waals surface area (Å²) >= 11 is 0. The van der Waals surface area contributed by atoms with Crippen molar-refractivity contribution in [1.82, 2.24) is 15.5 Å². The summed E-state index contributed by atoms with van der Waals surface area (Å²) in [5.74, 6) is 1.00. The van der Waals surface area contributed by atoms with Gasteiger partial charge in [0.2, 0.25) is 5.91 Å². The van der Waals surface area contributed by atoms with Crippen molar-refractivity contribution in [1.29, 1.82) is 0 Å². The molecule has 0 unspecified atom stereocenters. The first-order chi connectivity index (χ1) is 13.1. The van der Waals surface area contributed by atoms with Gasteiger partial charge in [0.25, 0.3) is 0 Å². The number of hydrogen-bond acceptors (Lipinski definition) is 5. The predicted molar refractivity (Wildman–Crippen MR) is 101 cm³/mol. The monoisotopic (exact) mass is 369 g/mol. The number of rotatable bonds is 5. The van der Waals surface area contributed by atoms with Crippen molar-refractivity contribution < 1.29 is 19.1 Å². The molecule has 0 spiro atoms. The fourth-order valence-corrected chi connectivity index (χ4v) is 3.06. The zero-order chi connectivity index (χ0) is 19.2. The predicted octanol–water partition coefficient (Wildman–Crippen LogP) is 1.96. The number of imide groups is 1. The van der Waals surface area contributed by atoms with E-state index >= 15 is 0 Å². The Hall–Kier alpha value is -3.06. The average molecular weight is 369 g/mol. The Morgan fingerprint density at radius 1 is 1.11 bits per heavy atom. The minimum absolute atomic E-state index is 0.232. The number of ether oxygens (including phenoxy) is 2. The fourth-order valence-electron chi connectivity index (χ4n) is 3.06. The van der Waals surface area contributed by atoms with Crippen LogP contribution in [0.15, 0.2) is 54.6 Å². The molecule has 27 heavy (non-hydrogen) atoms. The van der Waals surface area contributed by atoms with E-state index in [9.17, 15) is 9.59 Å². The Morgan fingerprint density at radius 2 is 1.78 bits per heavy atom. The Balaban J connectivity index is 1.74. The molecule has 0 saturated carbocycles. The highest BCUT2D eigenvalue weighted by Crippen LogP contribution is 2.31. The molecular formula is C20H23N3O4. The highest BCUT2D eigenvalue weighted by Gasteiger charge is 2.30. The third kappa shape index (κ3) is 4.57. The molecular weight excluding hydrogens is 346 g/mol. The number of hydrogen-bond donors (Lipinski definition) is 2. The highest BCUT2D eigenvalue weighted by atomic mass is 16.6. The van der Waals surface area contributed by atoms with Crippen LogP contribution in [0.5, 0.6) is 11.5 Å². The average Bonchev–Trinajstić information content (AvgIpc) is 2.68. The molecule has 0 aromatic heterocycles. The molecule has 1 aliphatic heterocycles. The zero-order valence-corrected chi connectivity index (χ0v) is 15.3. The van der Waals surface area contributed by atoms with Crippen LogP contribution in [-0.2, 0) is 4.79 Å². The van der Waals surface area contributed by atoms with E-state index in [1.807, 2.05) is 66.5 Å². The minimum atomic E-state index is -0.635. The Labute approximate surface area is 158 Å². The van der Waals surface area contributed by atoms with E-state index in [0.717, 1.165) is 5.56 Å². The van der Waals surface area contributed by atoms with Crippen molar-refractivity contribution in [2.75, 3.05) is 27.2 Å². The molecule has 7 heteroatoms. The molecule has 0 saturated heterocycles. The maximum absolute atomic E-state index is 12.7. The van der Waals surface area contributed by atoms with Gasteiger partial charge < -0.3 is 14.8 Å². The number of carbonyl (C=O) groups is 2. The lowest BCUT2D eigenvalue weighted by Crippen LogP contribution is -2.47. The van der Waals surface area contributed by atoms with Gasteiger partial charge in [0, 0.05) is 13.6 Å². The van der Waals surface area contributed by atoms with Crippen molar-refractivity contribution >= 4 is 11.9 Å². The Morgan fingerprint density at radius 3 is 2.48 bits per heavy atom. The van der Waals surface area contributed by atoms with Crippen LogP contribution in [0, 0.1) is 0 Å². The Bertz CT molecular complexity index is 797. The number of amides is 3. The second-order valence-electron chi connectivity index (χ2n) is 6.32. The van der Waals surface area contributed by atoms with Crippen LogP contribution in [0.25, 0.3) is 0 Å². The third-order valence-corrected chi connectivity index (χ3v) is 4.33. The summed E-state index contributed by atoms with van der Waals surface area (Å²) in [6.07, 6.45) is -0.232. The Kier molecular flexibility index (Phi) is 5.93. The molecule has 3 rings (SSSR count). The number of benzene rings is 2. The molecule has 0 radical (unpaired) electrons. The largest absolute Gasteiger partial charge is 0.486 e. The van der Waals surface area contributed by atoms with Gasteiger partial charge in [-0.25, -0.2) is 4.79 Å². The lowest BCUT2D eigenvalue weighted by Gasteiger charge is -2.33. The lowest BCUT2D eigenvalue weighted by molar-refractivity contribution is -0.125. The topological polar surface area (TPSA) is 79.9 Å². The van der Waals surface area contributed by atoms with Crippen LogP contribution < -0.4 is 20.1 Å². The normalized spacial score (nSPS) is 16.5. The summed E-state index contributed by atoms with van der Waals surface area (Å²) in [7, 11) is 3.29. The van der Waals surface area contributed by atoms with Crippen molar-refractivity contribution in [2.24, 2.45) is 0 Å². The first-order valence-corrected chi connectivity index (χ1v) is 8.74. The molecule has 2 aromatic rings. The van der Waals surface area contributed by atoms with Crippen LogP contribution in [0.3, 0.4) is 0 Å².